The number of aromatic amines is 1. The van der Waals surface area contributed by atoms with Gasteiger partial charge in [0.1, 0.15) is 5.82 Å². The number of imidazole rings is 1. The second-order valence-electron chi connectivity index (χ2n) is 4.77. The lowest BCUT2D eigenvalue weighted by Crippen LogP contribution is -2.07. The third-order valence-corrected chi connectivity index (χ3v) is 3.47. The lowest BCUT2D eigenvalue weighted by atomic mass is 10.2. The summed E-state index contributed by atoms with van der Waals surface area (Å²) in [6.07, 6.45) is -4.49. The summed E-state index contributed by atoms with van der Waals surface area (Å²) in [5, 5.41) is 0. The van der Waals surface area contributed by atoms with Crippen LogP contribution in [0.15, 0.2) is 12.1 Å². The van der Waals surface area contributed by atoms with E-state index in [2.05, 4.69) is 4.98 Å². The number of aryl methyl sites for hydroxylation is 2. The Kier molecular flexibility index (Phi) is 4.17. The van der Waals surface area contributed by atoms with Gasteiger partial charge < -0.3 is 9.55 Å². The van der Waals surface area contributed by atoms with Crippen LogP contribution in [0.1, 0.15) is 24.8 Å². The largest absolute Gasteiger partial charge is 0.389 e. The predicted molar refractivity (Wildman–Crippen MR) is 71.7 cm³/mol. The van der Waals surface area contributed by atoms with Crippen LogP contribution in [0.5, 0.6) is 0 Å². The highest BCUT2D eigenvalue weighted by Crippen LogP contribution is 2.23. The van der Waals surface area contributed by atoms with E-state index in [1.807, 2.05) is 0 Å². The average Bonchev–Trinajstić information content (AvgIpc) is 2.60. The molecule has 0 saturated heterocycles. The van der Waals surface area contributed by atoms with Crippen LogP contribution in [0.3, 0.4) is 0 Å². The Balaban J connectivity index is 2.16. The van der Waals surface area contributed by atoms with Crippen LogP contribution < -0.4 is 0 Å². The average molecular weight is 306 g/mol. The third-order valence-electron chi connectivity index (χ3n) is 3.15. The number of unbranched alkanes of at least 4 members (excludes halogenated alkanes) is 1. The number of hydrogen-bond acceptors (Lipinski definition) is 1. The molecule has 7 heteroatoms. The van der Waals surface area contributed by atoms with Crippen molar-refractivity contribution in [3.05, 3.63) is 28.3 Å². The number of rotatable bonds is 4. The van der Waals surface area contributed by atoms with Gasteiger partial charge in [-0.2, -0.15) is 13.2 Å². The summed E-state index contributed by atoms with van der Waals surface area (Å²) >= 11 is 5.13. The van der Waals surface area contributed by atoms with Crippen LogP contribution in [-0.4, -0.2) is 15.7 Å². The maximum absolute atomic E-state index is 13.4. The highest BCUT2D eigenvalue weighted by atomic mass is 32.1. The number of nitrogens with one attached hydrogen (secondary N) is 1. The number of fused-ring (bicyclic) bond motifs is 1. The molecule has 0 saturated carbocycles. The van der Waals surface area contributed by atoms with Crippen molar-refractivity contribution in [1.29, 1.82) is 0 Å². The van der Waals surface area contributed by atoms with Gasteiger partial charge in [0, 0.05) is 13.0 Å². The van der Waals surface area contributed by atoms with Gasteiger partial charge in [-0.1, -0.05) is 0 Å². The minimum atomic E-state index is -4.12. The predicted octanol–water partition coefficient (Wildman–Crippen LogP) is 4.88. The molecule has 110 valence electrons. The van der Waals surface area contributed by atoms with Crippen molar-refractivity contribution in [1.82, 2.24) is 9.55 Å². The van der Waals surface area contributed by atoms with Crippen molar-refractivity contribution in [2.75, 3.05) is 0 Å². The fraction of sp³-hybridized carbons (Fsp3) is 0.462. The lowest BCUT2D eigenvalue weighted by molar-refractivity contribution is -0.135. The molecule has 0 aliphatic rings. The maximum atomic E-state index is 13.4. The monoisotopic (exact) mass is 306 g/mol. The van der Waals surface area contributed by atoms with E-state index >= 15 is 0 Å². The quantitative estimate of drug-likeness (QED) is 0.485. The molecule has 20 heavy (non-hydrogen) atoms. The van der Waals surface area contributed by atoms with Crippen LogP contribution in [-0.2, 0) is 6.54 Å². The minimum Gasteiger partial charge on any atom is -0.330 e. The van der Waals surface area contributed by atoms with Crippen molar-refractivity contribution in [2.45, 2.75) is 38.9 Å². The molecule has 2 aromatic rings. The van der Waals surface area contributed by atoms with E-state index in [4.69, 9.17) is 12.2 Å². The van der Waals surface area contributed by atoms with Crippen LogP contribution in [0.2, 0.25) is 0 Å². The first kappa shape index (κ1) is 15.0. The number of alkyl halides is 3. The first-order valence-corrected chi connectivity index (χ1v) is 6.64. The summed E-state index contributed by atoms with van der Waals surface area (Å²) in [5.74, 6) is -0.335. The lowest BCUT2D eigenvalue weighted by Gasteiger charge is -2.07. The Morgan fingerprint density at radius 3 is 2.60 bits per heavy atom. The molecule has 0 fully saturated rings. The first-order valence-electron chi connectivity index (χ1n) is 6.23. The highest BCUT2D eigenvalue weighted by Gasteiger charge is 2.25. The number of aromatic nitrogens is 2. The molecule has 0 amide bonds. The molecule has 1 heterocycles. The zero-order valence-electron chi connectivity index (χ0n) is 10.9. The van der Waals surface area contributed by atoms with Crippen LogP contribution in [0, 0.1) is 17.5 Å². The second-order valence-corrected chi connectivity index (χ2v) is 5.16. The van der Waals surface area contributed by atoms with E-state index in [1.54, 1.807) is 17.6 Å². The summed E-state index contributed by atoms with van der Waals surface area (Å²) in [4.78, 5) is 2.87. The van der Waals surface area contributed by atoms with Gasteiger partial charge >= 0.3 is 6.18 Å². The molecule has 0 unspecified atom stereocenters. The molecule has 2 nitrogen and oxygen atoms in total. The Labute approximate surface area is 118 Å². The van der Waals surface area contributed by atoms with Crippen molar-refractivity contribution in [3.8, 4) is 0 Å². The summed E-state index contributed by atoms with van der Waals surface area (Å²) in [6.45, 7) is 2.03. The van der Waals surface area contributed by atoms with E-state index < -0.39 is 12.6 Å². The summed E-state index contributed by atoms with van der Waals surface area (Å²) in [7, 11) is 0. The molecule has 0 aliphatic heterocycles. The Bertz CT molecular complexity index is 669. The highest BCUT2D eigenvalue weighted by molar-refractivity contribution is 7.71. The van der Waals surface area contributed by atoms with E-state index in [0.29, 0.717) is 28.8 Å². The van der Waals surface area contributed by atoms with Crippen molar-refractivity contribution in [2.24, 2.45) is 0 Å². The van der Waals surface area contributed by atoms with E-state index in [1.165, 1.54) is 6.07 Å². The zero-order valence-corrected chi connectivity index (χ0v) is 11.7. The molecule has 1 aromatic carbocycles. The number of nitrogens with zero attached hydrogens (tertiary/aromatic N) is 1. The van der Waals surface area contributed by atoms with Gasteiger partial charge in [0.15, 0.2) is 4.77 Å². The Morgan fingerprint density at radius 2 is 1.95 bits per heavy atom. The van der Waals surface area contributed by atoms with Gasteiger partial charge in [-0.25, -0.2) is 4.39 Å². The van der Waals surface area contributed by atoms with Gasteiger partial charge in [-0.05, 0) is 49.7 Å². The molecule has 1 N–H and O–H groups in total. The molecule has 0 bridgehead atoms. The molecule has 1 aromatic heterocycles. The standard InChI is InChI=1S/C13H14F4N2S/c1-8-6-11-10(7-9(8)14)18-12(20)19(11)5-3-2-4-13(15,16)17/h6-7H,2-5H2,1H3,(H,18,20). The molecule has 2 rings (SSSR count). The van der Waals surface area contributed by atoms with Gasteiger partial charge in [0.05, 0.1) is 11.0 Å². The smallest absolute Gasteiger partial charge is 0.330 e. The Morgan fingerprint density at radius 1 is 1.25 bits per heavy atom. The minimum absolute atomic E-state index is 0.0537. The molecule has 0 aliphatic carbocycles. The first-order chi connectivity index (χ1) is 9.28. The van der Waals surface area contributed by atoms with E-state index in [-0.39, 0.29) is 12.2 Å². The third kappa shape index (κ3) is 3.39. The number of H-pyrrole nitrogens is 1. The maximum Gasteiger partial charge on any atom is 0.389 e. The van der Waals surface area contributed by atoms with Gasteiger partial charge in [-0.15, -0.1) is 0 Å². The van der Waals surface area contributed by atoms with Crippen molar-refractivity contribution >= 4 is 23.3 Å². The van der Waals surface area contributed by atoms with Crippen LogP contribution >= 0.6 is 12.2 Å². The number of hydrogen-bond donors (Lipinski definition) is 1. The Hall–Kier alpha value is -1.37. The number of benzene rings is 1. The number of halogens is 4. The SMILES string of the molecule is Cc1cc2c(cc1F)[nH]c(=S)n2CCCCC(F)(F)F. The van der Waals surface area contributed by atoms with E-state index in [9.17, 15) is 17.6 Å². The van der Waals surface area contributed by atoms with Gasteiger partial charge in [0.2, 0.25) is 0 Å². The second kappa shape index (κ2) is 5.55. The van der Waals surface area contributed by atoms with E-state index in [0.717, 1.165) is 5.52 Å². The van der Waals surface area contributed by atoms with Gasteiger partial charge in [-0.3, -0.25) is 0 Å². The summed E-state index contributed by atoms with van der Waals surface area (Å²) in [5.41, 5.74) is 1.77. The van der Waals surface area contributed by atoms with Crippen LogP contribution in [0.25, 0.3) is 11.0 Å². The zero-order chi connectivity index (χ0) is 14.9. The molecule has 0 spiro atoms. The van der Waals surface area contributed by atoms with Crippen molar-refractivity contribution in [3.63, 3.8) is 0 Å². The topological polar surface area (TPSA) is 20.7 Å². The summed E-state index contributed by atoms with van der Waals surface area (Å²) < 4.78 is 51.8. The summed E-state index contributed by atoms with van der Waals surface area (Å²) in [6, 6.07) is 3.01. The molecule has 0 atom stereocenters. The fourth-order valence-electron chi connectivity index (χ4n) is 2.10. The molecule has 0 radical (unpaired) electrons. The van der Waals surface area contributed by atoms with Crippen molar-refractivity contribution < 1.29 is 17.6 Å². The molecular formula is C13H14F4N2S. The van der Waals surface area contributed by atoms with Crippen LogP contribution in [0.4, 0.5) is 17.6 Å². The molecular weight excluding hydrogens is 292 g/mol. The fourth-order valence-corrected chi connectivity index (χ4v) is 2.40. The normalized spacial score (nSPS) is 12.2. The van der Waals surface area contributed by atoms with Gasteiger partial charge in [0.25, 0.3) is 0 Å².